The van der Waals surface area contributed by atoms with Gasteiger partial charge in [-0.3, -0.25) is 9.69 Å². The standard InChI is InChI=1S/C15H12N2O3S/c1-19-11-6-4-10(5-7-11)17-14(18)13(16-15(17)21)9-12-3-2-8-20-12/h2-9H,1H3,(H,16,21)/b13-9-. The Labute approximate surface area is 126 Å². The predicted molar refractivity (Wildman–Crippen MR) is 82.9 cm³/mol. The minimum Gasteiger partial charge on any atom is -0.497 e. The number of rotatable bonds is 3. The molecule has 0 atom stereocenters. The molecule has 1 aromatic carbocycles. The number of ether oxygens (including phenoxy) is 1. The first kappa shape index (κ1) is 13.4. The maximum atomic E-state index is 12.4. The smallest absolute Gasteiger partial charge is 0.281 e. The summed E-state index contributed by atoms with van der Waals surface area (Å²) in [7, 11) is 1.59. The average Bonchev–Trinajstić information content (AvgIpc) is 3.09. The van der Waals surface area contributed by atoms with Crippen molar-refractivity contribution in [3.63, 3.8) is 0 Å². The maximum Gasteiger partial charge on any atom is 0.281 e. The van der Waals surface area contributed by atoms with Crippen molar-refractivity contribution < 1.29 is 13.9 Å². The van der Waals surface area contributed by atoms with Gasteiger partial charge in [-0.15, -0.1) is 0 Å². The molecule has 0 unspecified atom stereocenters. The fraction of sp³-hybridized carbons (Fsp3) is 0.0667. The van der Waals surface area contributed by atoms with E-state index in [9.17, 15) is 4.79 Å². The lowest BCUT2D eigenvalue weighted by Crippen LogP contribution is -2.30. The van der Waals surface area contributed by atoms with E-state index in [1.165, 1.54) is 4.90 Å². The SMILES string of the molecule is COc1ccc(N2C(=O)/C(=C/c3ccco3)NC2=S)cc1. The summed E-state index contributed by atoms with van der Waals surface area (Å²) in [5, 5.41) is 3.23. The van der Waals surface area contributed by atoms with E-state index in [2.05, 4.69) is 5.32 Å². The molecular weight excluding hydrogens is 288 g/mol. The fourth-order valence-corrected chi connectivity index (χ4v) is 2.31. The van der Waals surface area contributed by atoms with Crippen LogP contribution in [0.15, 0.2) is 52.8 Å². The third kappa shape index (κ3) is 2.53. The second-order valence-corrected chi connectivity index (χ2v) is 4.73. The van der Waals surface area contributed by atoms with Gasteiger partial charge in [-0.05, 0) is 48.6 Å². The summed E-state index contributed by atoms with van der Waals surface area (Å²) in [5.41, 5.74) is 1.06. The predicted octanol–water partition coefficient (Wildman–Crippen LogP) is 2.55. The molecule has 106 valence electrons. The summed E-state index contributed by atoms with van der Waals surface area (Å²) in [6, 6.07) is 10.6. The first-order chi connectivity index (χ1) is 10.2. The van der Waals surface area contributed by atoms with Crippen LogP contribution in [-0.2, 0) is 4.79 Å². The molecule has 2 aromatic rings. The van der Waals surface area contributed by atoms with Crippen molar-refractivity contribution in [1.29, 1.82) is 0 Å². The number of hydrogen-bond acceptors (Lipinski definition) is 4. The van der Waals surface area contributed by atoms with E-state index in [0.717, 1.165) is 5.75 Å². The van der Waals surface area contributed by atoms with Gasteiger partial charge in [0.2, 0.25) is 0 Å². The van der Waals surface area contributed by atoms with E-state index >= 15 is 0 Å². The van der Waals surface area contributed by atoms with Crippen LogP contribution in [0.5, 0.6) is 5.75 Å². The molecule has 6 heteroatoms. The Morgan fingerprint density at radius 2 is 2.05 bits per heavy atom. The van der Waals surface area contributed by atoms with Gasteiger partial charge in [0.25, 0.3) is 5.91 Å². The highest BCUT2D eigenvalue weighted by molar-refractivity contribution is 7.80. The molecule has 0 spiro atoms. The summed E-state index contributed by atoms with van der Waals surface area (Å²) in [6.07, 6.45) is 3.17. The third-order valence-corrected chi connectivity index (χ3v) is 3.32. The topological polar surface area (TPSA) is 54.7 Å². The number of carbonyl (C=O) groups excluding carboxylic acids is 1. The van der Waals surface area contributed by atoms with Gasteiger partial charge in [-0.25, -0.2) is 0 Å². The molecule has 3 rings (SSSR count). The van der Waals surface area contributed by atoms with Crippen molar-refractivity contribution in [1.82, 2.24) is 5.32 Å². The molecule has 1 amide bonds. The molecule has 0 aliphatic carbocycles. The zero-order valence-corrected chi connectivity index (χ0v) is 12.0. The average molecular weight is 300 g/mol. The van der Waals surface area contributed by atoms with Gasteiger partial charge in [0.05, 0.1) is 19.1 Å². The molecule has 0 radical (unpaired) electrons. The van der Waals surface area contributed by atoms with Crippen LogP contribution in [0.4, 0.5) is 5.69 Å². The zero-order valence-electron chi connectivity index (χ0n) is 11.2. The van der Waals surface area contributed by atoms with Crippen molar-refractivity contribution >= 4 is 35.0 Å². The second kappa shape index (κ2) is 5.41. The lowest BCUT2D eigenvalue weighted by Gasteiger charge is -2.14. The molecule has 1 saturated heterocycles. The van der Waals surface area contributed by atoms with Gasteiger partial charge in [-0.2, -0.15) is 0 Å². The second-order valence-electron chi connectivity index (χ2n) is 4.34. The zero-order chi connectivity index (χ0) is 14.8. The normalized spacial score (nSPS) is 16.4. The minimum atomic E-state index is -0.221. The van der Waals surface area contributed by atoms with Gasteiger partial charge < -0.3 is 14.5 Å². The number of methoxy groups -OCH3 is 1. The Kier molecular flexibility index (Phi) is 3.45. The highest BCUT2D eigenvalue weighted by Gasteiger charge is 2.32. The van der Waals surface area contributed by atoms with Crippen LogP contribution in [0.1, 0.15) is 5.76 Å². The van der Waals surface area contributed by atoms with Crippen LogP contribution in [0.2, 0.25) is 0 Å². The maximum absolute atomic E-state index is 12.4. The van der Waals surface area contributed by atoms with E-state index in [0.29, 0.717) is 22.3 Å². The van der Waals surface area contributed by atoms with Crippen molar-refractivity contribution in [3.05, 3.63) is 54.1 Å². The van der Waals surface area contributed by atoms with Crippen LogP contribution in [0.3, 0.4) is 0 Å². The molecular formula is C15H12N2O3S. The quantitative estimate of drug-likeness (QED) is 0.697. The van der Waals surface area contributed by atoms with Crippen LogP contribution in [-0.4, -0.2) is 18.1 Å². The van der Waals surface area contributed by atoms with Crippen molar-refractivity contribution in [2.24, 2.45) is 0 Å². The van der Waals surface area contributed by atoms with Crippen LogP contribution in [0, 0.1) is 0 Å². The molecule has 1 fully saturated rings. The summed E-state index contributed by atoms with van der Waals surface area (Å²) in [4.78, 5) is 13.9. The molecule has 2 heterocycles. The Bertz CT molecular complexity index is 705. The summed E-state index contributed by atoms with van der Waals surface area (Å²) in [5.74, 6) is 1.09. The fourth-order valence-electron chi connectivity index (χ4n) is 2.02. The van der Waals surface area contributed by atoms with Crippen molar-refractivity contribution in [3.8, 4) is 5.75 Å². The van der Waals surface area contributed by atoms with Gasteiger partial charge in [0.1, 0.15) is 17.2 Å². The third-order valence-electron chi connectivity index (χ3n) is 3.04. The molecule has 21 heavy (non-hydrogen) atoms. The lowest BCUT2D eigenvalue weighted by molar-refractivity contribution is -0.113. The van der Waals surface area contributed by atoms with Crippen LogP contribution < -0.4 is 15.0 Å². The van der Waals surface area contributed by atoms with E-state index in [-0.39, 0.29) is 5.91 Å². The monoisotopic (exact) mass is 300 g/mol. The molecule has 1 aromatic heterocycles. The largest absolute Gasteiger partial charge is 0.497 e. The van der Waals surface area contributed by atoms with Crippen molar-refractivity contribution in [2.75, 3.05) is 12.0 Å². The Balaban J connectivity index is 1.90. The summed E-state index contributed by atoms with van der Waals surface area (Å²) in [6.45, 7) is 0. The number of nitrogens with zero attached hydrogens (tertiary/aromatic N) is 1. The first-order valence-electron chi connectivity index (χ1n) is 6.24. The first-order valence-corrected chi connectivity index (χ1v) is 6.64. The number of carbonyl (C=O) groups is 1. The number of amides is 1. The molecule has 5 nitrogen and oxygen atoms in total. The number of anilines is 1. The molecule has 1 aliphatic heterocycles. The number of thiocarbonyl (C=S) groups is 1. The number of nitrogens with one attached hydrogen (secondary N) is 1. The Morgan fingerprint density at radius 1 is 1.29 bits per heavy atom. The molecule has 0 saturated carbocycles. The number of furan rings is 1. The molecule has 1 N–H and O–H groups in total. The highest BCUT2D eigenvalue weighted by Crippen LogP contribution is 2.24. The van der Waals surface area contributed by atoms with Crippen LogP contribution in [0.25, 0.3) is 6.08 Å². The lowest BCUT2D eigenvalue weighted by atomic mass is 10.2. The van der Waals surface area contributed by atoms with Gasteiger partial charge in [0.15, 0.2) is 5.11 Å². The van der Waals surface area contributed by atoms with Crippen molar-refractivity contribution in [2.45, 2.75) is 0 Å². The van der Waals surface area contributed by atoms with E-state index in [1.54, 1.807) is 55.8 Å². The molecule has 1 aliphatic rings. The van der Waals surface area contributed by atoms with E-state index < -0.39 is 0 Å². The van der Waals surface area contributed by atoms with E-state index in [1.807, 2.05) is 0 Å². The highest BCUT2D eigenvalue weighted by atomic mass is 32.1. The number of benzene rings is 1. The number of hydrogen-bond donors (Lipinski definition) is 1. The van der Waals surface area contributed by atoms with Crippen LogP contribution >= 0.6 is 12.2 Å². The van der Waals surface area contributed by atoms with Gasteiger partial charge >= 0.3 is 0 Å². The van der Waals surface area contributed by atoms with Gasteiger partial charge in [-0.1, -0.05) is 0 Å². The summed E-state index contributed by atoms with van der Waals surface area (Å²) >= 11 is 5.22. The minimum absolute atomic E-state index is 0.221. The molecule has 0 bridgehead atoms. The Morgan fingerprint density at radius 3 is 2.67 bits per heavy atom. The Hall–Kier alpha value is -2.60. The summed E-state index contributed by atoms with van der Waals surface area (Å²) < 4.78 is 10.3. The van der Waals surface area contributed by atoms with E-state index in [4.69, 9.17) is 21.4 Å². The van der Waals surface area contributed by atoms with Gasteiger partial charge in [0, 0.05) is 6.08 Å².